The quantitative estimate of drug-likeness (QED) is 0.878. The van der Waals surface area contributed by atoms with Gasteiger partial charge in [-0.3, -0.25) is 5.32 Å². The highest BCUT2D eigenvalue weighted by Crippen LogP contribution is 2.28. The number of carboxylic acids is 1. The number of hydrogen-bond donors (Lipinski definition) is 2. The number of carboxylic acid groups (broad SMARTS) is 1. The van der Waals surface area contributed by atoms with Crippen LogP contribution in [0.15, 0.2) is 36.4 Å². The van der Waals surface area contributed by atoms with Crippen LogP contribution in [0.5, 0.6) is 0 Å². The van der Waals surface area contributed by atoms with E-state index in [0.29, 0.717) is 5.39 Å². The molecule has 0 saturated heterocycles. The Balaban J connectivity index is 2.47. The van der Waals surface area contributed by atoms with Crippen molar-refractivity contribution in [3.05, 3.63) is 42.0 Å². The number of amides is 1. The summed E-state index contributed by atoms with van der Waals surface area (Å²) in [7, 11) is 0. The molecule has 0 aliphatic rings. The number of carbonyl (C=O) groups excluding carboxylic acids is 1. The minimum absolute atomic E-state index is 0.0274. The van der Waals surface area contributed by atoms with Crippen molar-refractivity contribution in [3.8, 4) is 0 Å². The average molecular weight is 287 g/mol. The number of benzene rings is 2. The van der Waals surface area contributed by atoms with E-state index in [1.54, 1.807) is 39.0 Å². The molecule has 0 heterocycles. The van der Waals surface area contributed by atoms with Gasteiger partial charge >= 0.3 is 12.1 Å². The molecular weight excluding hydrogens is 270 g/mol. The summed E-state index contributed by atoms with van der Waals surface area (Å²) >= 11 is 0. The van der Waals surface area contributed by atoms with Gasteiger partial charge in [0.15, 0.2) is 0 Å². The maximum atomic E-state index is 11.9. The van der Waals surface area contributed by atoms with E-state index in [-0.39, 0.29) is 11.3 Å². The van der Waals surface area contributed by atoms with Crippen LogP contribution in [0.2, 0.25) is 0 Å². The number of carbonyl (C=O) groups is 2. The first-order valence-corrected chi connectivity index (χ1v) is 6.53. The molecule has 0 atom stereocenters. The zero-order chi connectivity index (χ0) is 15.6. The van der Waals surface area contributed by atoms with Crippen LogP contribution in [0.1, 0.15) is 31.1 Å². The van der Waals surface area contributed by atoms with Crippen LogP contribution in [-0.4, -0.2) is 22.8 Å². The third kappa shape index (κ3) is 3.51. The number of rotatable bonds is 2. The summed E-state index contributed by atoms with van der Waals surface area (Å²) in [5.41, 5.74) is -0.382. The van der Waals surface area contributed by atoms with E-state index < -0.39 is 17.7 Å². The summed E-state index contributed by atoms with van der Waals surface area (Å²) in [6.07, 6.45) is -0.679. The predicted octanol–water partition coefficient (Wildman–Crippen LogP) is 3.89. The van der Waals surface area contributed by atoms with Gasteiger partial charge in [0.1, 0.15) is 5.60 Å². The van der Waals surface area contributed by atoms with Gasteiger partial charge in [0.05, 0.1) is 11.3 Å². The molecule has 1 amide bonds. The van der Waals surface area contributed by atoms with Crippen molar-refractivity contribution in [1.29, 1.82) is 0 Å². The van der Waals surface area contributed by atoms with Crippen molar-refractivity contribution in [2.45, 2.75) is 26.4 Å². The second-order valence-corrected chi connectivity index (χ2v) is 5.64. The van der Waals surface area contributed by atoms with Gasteiger partial charge in [0.2, 0.25) is 0 Å². The normalized spacial score (nSPS) is 11.2. The van der Waals surface area contributed by atoms with Crippen LogP contribution in [0, 0.1) is 0 Å². The van der Waals surface area contributed by atoms with Crippen molar-refractivity contribution in [3.63, 3.8) is 0 Å². The minimum Gasteiger partial charge on any atom is -0.478 e. The molecule has 2 aromatic carbocycles. The molecule has 2 N–H and O–H groups in total. The van der Waals surface area contributed by atoms with Gasteiger partial charge in [0.25, 0.3) is 0 Å². The first-order valence-electron chi connectivity index (χ1n) is 6.53. The topological polar surface area (TPSA) is 75.6 Å². The number of aromatic carboxylic acids is 1. The van der Waals surface area contributed by atoms with Crippen molar-refractivity contribution >= 4 is 28.5 Å². The number of hydrogen-bond acceptors (Lipinski definition) is 3. The van der Waals surface area contributed by atoms with Crippen molar-refractivity contribution < 1.29 is 19.4 Å². The molecule has 0 aliphatic carbocycles. The average Bonchev–Trinajstić information content (AvgIpc) is 2.36. The monoisotopic (exact) mass is 287 g/mol. The van der Waals surface area contributed by atoms with Gasteiger partial charge in [-0.25, -0.2) is 9.59 Å². The van der Waals surface area contributed by atoms with Gasteiger partial charge in [-0.2, -0.15) is 0 Å². The van der Waals surface area contributed by atoms with E-state index in [1.165, 1.54) is 6.07 Å². The molecule has 0 bridgehead atoms. The fourth-order valence-corrected chi connectivity index (χ4v) is 1.99. The smallest absolute Gasteiger partial charge is 0.412 e. The molecule has 0 spiro atoms. The third-order valence-electron chi connectivity index (χ3n) is 2.79. The lowest BCUT2D eigenvalue weighted by molar-refractivity contribution is 0.0636. The molecule has 0 saturated carbocycles. The van der Waals surface area contributed by atoms with Crippen molar-refractivity contribution in [2.75, 3.05) is 5.32 Å². The Bertz CT molecular complexity index is 701. The molecule has 0 radical (unpaired) electrons. The van der Waals surface area contributed by atoms with Crippen LogP contribution in [0.25, 0.3) is 10.8 Å². The first-order chi connectivity index (χ1) is 9.78. The molecule has 110 valence electrons. The van der Waals surface area contributed by atoms with Gasteiger partial charge in [0, 0.05) is 5.39 Å². The fraction of sp³-hybridized carbons (Fsp3) is 0.250. The van der Waals surface area contributed by atoms with Crippen molar-refractivity contribution in [2.24, 2.45) is 0 Å². The Labute approximate surface area is 122 Å². The SMILES string of the molecule is CC(C)(C)OC(=O)Nc1c(C(=O)O)ccc2ccccc12. The molecule has 2 aromatic rings. The van der Waals surface area contributed by atoms with E-state index in [0.717, 1.165) is 5.39 Å². The van der Waals surface area contributed by atoms with E-state index in [1.807, 2.05) is 12.1 Å². The van der Waals surface area contributed by atoms with E-state index in [2.05, 4.69) is 5.32 Å². The molecule has 5 heteroatoms. The summed E-state index contributed by atoms with van der Waals surface area (Å²) in [6.45, 7) is 5.23. The van der Waals surface area contributed by atoms with E-state index in [9.17, 15) is 14.7 Å². The first kappa shape index (κ1) is 14.8. The van der Waals surface area contributed by atoms with Crippen LogP contribution in [0.3, 0.4) is 0 Å². The Morgan fingerprint density at radius 1 is 1.10 bits per heavy atom. The lowest BCUT2D eigenvalue weighted by Gasteiger charge is -2.20. The Hall–Kier alpha value is -2.56. The van der Waals surface area contributed by atoms with E-state index in [4.69, 9.17) is 4.74 Å². The highest BCUT2D eigenvalue weighted by molar-refractivity contribution is 6.09. The maximum Gasteiger partial charge on any atom is 0.412 e. The highest BCUT2D eigenvalue weighted by Gasteiger charge is 2.20. The number of nitrogens with one attached hydrogen (secondary N) is 1. The molecule has 0 aliphatic heterocycles. The van der Waals surface area contributed by atoms with Crippen LogP contribution in [-0.2, 0) is 4.74 Å². The summed E-state index contributed by atoms with van der Waals surface area (Å²) in [5.74, 6) is -1.10. The third-order valence-corrected chi connectivity index (χ3v) is 2.79. The predicted molar refractivity (Wildman–Crippen MR) is 80.8 cm³/mol. The van der Waals surface area contributed by atoms with Gasteiger partial charge in [-0.15, -0.1) is 0 Å². The Morgan fingerprint density at radius 3 is 2.38 bits per heavy atom. The standard InChI is InChI=1S/C16H17NO4/c1-16(2,3)21-15(20)17-13-11-7-5-4-6-10(11)8-9-12(13)14(18)19/h4-9H,1-3H3,(H,17,20)(H,18,19). The fourth-order valence-electron chi connectivity index (χ4n) is 1.99. The number of fused-ring (bicyclic) bond motifs is 1. The molecular formula is C16H17NO4. The lowest BCUT2D eigenvalue weighted by Crippen LogP contribution is -2.27. The van der Waals surface area contributed by atoms with E-state index >= 15 is 0 Å². The van der Waals surface area contributed by atoms with Crippen LogP contribution in [0.4, 0.5) is 10.5 Å². The minimum atomic E-state index is -1.10. The van der Waals surface area contributed by atoms with Crippen LogP contribution < -0.4 is 5.32 Å². The number of anilines is 1. The van der Waals surface area contributed by atoms with Gasteiger partial charge in [-0.05, 0) is 32.2 Å². The molecule has 0 unspecified atom stereocenters. The number of ether oxygens (including phenoxy) is 1. The molecule has 21 heavy (non-hydrogen) atoms. The van der Waals surface area contributed by atoms with Crippen molar-refractivity contribution in [1.82, 2.24) is 0 Å². The zero-order valence-corrected chi connectivity index (χ0v) is 12.1. The largest absolute Gasteiger partial charge is 0.478 e. The molecule has 0 aromatic heterocycles. The summed E-state index contributed by atoms with van der Waals surface area (Å²) in [5, 5.41) is 13.3. The Morgan fingerprint density at radius 2 is 1.76 bits per heavy atom. The highest BCUT2D eigenvalue weighted by atomic mass is 16.6. The summed E-state index contributed by atoms with van der Waals surface area (Å²) in [6, 6.07) is 10.4. The second kappa shape index (κ2) is 5.44. The molecule has 5 nitrogen and oxygen atoms in total. The maximum absolute atomic E-state index is 11.9. The molecule has 0 fully saturated rings. The zero-order valence-electron chi connectivity index (χ0n) is 12.1. The second-order valence-electron chi connectivity index (χ2n) is 5.64. The summed E-state index contributed by atoms with van der Waals surface area (Å²) in [4.78, 5) is 23.3. The van der Waals surface area contributed by atoms with Gasteiger partial charge in [-0.1, -0.05) is 30.3 Å². The van der Waals surface area contributed by atoms with Crippen LogP contribution >= 0.6 is 0 Å². The lowest BCUT2D eigenvalue weighted by atomic mass is 10.0. The Kier molecular flexibility index (Phi) is 3.84. The van der Waals surface area contributed by atoms with Gasteiger partial charge < -0.3 is 9.84 Å². The molecule has 2 rings (SSSR count). The summed E-state index contributed by atoms with van der Waals surface area (Å²) < 4.78 is 5.18.